The van der Waals surface area contributed by atoms with E-state index in [0.29, 0.717) is 0 Å². The van der Waals surface area contributed by atoms with Crippen LogP contribution in [0.5, 0.6) is 0 Å². The van der Waals surface area contributed by atoms with Crippen molar-refractivity contribution in [2.75, 3.05) is 0 Å². The molecule has 0 bridgehead atoms. The molecule has 0 N–H and O–H groups in total. The normalized spacial score (nSPS) is 10.2. The van der Waals surface area contributed by atoms with E-state index >= 15 is 0 Å². The van der Waals surface area contributed by atoms with Crippen LogP contribution in [0.2, 0.25) is 0 Å². The molecule has 0 heterocycles. The minimum Gasteiger partial charge on any atom is -0.207 e. The highest BCUT2D eigenvalue weighted by molar-refractivity contribution is 6.33. The monoisotopic (exact) mass is 179 g/mol. The zero-order chi connectivity index (χ0) is 8.97. The summed E-state index contributed by atoms with van der Waals surface area (Å²) < 4.78 is 13.1. The van der Waals surface area contributed by atoms with Gasteiger partial charge in [0.05, 0.1) is 10.2 Å². The molecule has 0 unspecified atom stereocenters. The van der Waals surface area contributed by atoms with Gasteiger partial charge in [0.15, 0.2) is 0 Å². The highest BCUT2D eigenvalue weighted by Crippen LogP contribution is 2.07. The molecule has 3 radical (unpaired) electrons. The van der Waals surface area contributed by atoms with E-state index in [9.17, 15) is 4.39 Å². The molecule has 0 aliphatic carbocycles. The minimum absolute atomic E-state index is 0.101. The van der Waals surface area contributed by atoms with E-state index in [1.165, 1.54) is 6.07 Å². The van der Waals surface area contributed by atoms with Crippen molar-refractivity contribution in [1.29, 1.82) is 0 Å². The van der Waals surface area contributed by atoms with E-state index < -0.39 is 0 Å². The van der Waals surface area contributed by atoms with Gasteiger partial charge in [0, 0.05) is 0 Å². The molecule has 1 rings (SSSR count). The molecule has 0 saturated carbocycles. The first kappa shape index (κ1) is 9.45. The molecule has 0 nitrogen and oxygen atoms in total. The molecule has 0 saturated heterocycles. The Labute approximate surface area is 76.2 Å². The first-order valence-electron chi connectivity index (χ1n) is 4.24. The molecule has 0 aliphatic heterocycles. The van der Waals surface area contributed by atoms with Crippen LogP contribution in [-0.4, -0.2) is 10.2 Å². The number of benzene rings is 1. The van der Waals surface area contributed by atoms with Crippen molar-refractivity contribution in [3.63, 3.8) is 0 Å². The molecule has 0 atom stereocenters. The highest BCUT2D eigenvalue weighted by Gasteiger charge is 2.03. The van der Waals surface area contributed by atoms with Gasteiger partial charge in [0.2, 0.25) is 0 Å². The molecule has 0 amide bonds. The molecular weight excluding hydrogens is 167 g/mol. The maximum Gasteiger partial charge on any atom is 0.126 e. The zero-order valence-corrected chi connectivity index (χ0v) is 8.23. The van der Waals surface area contributed by atoms with Crippen molar-refractivity contribution < 1.29 is 4.39 Å². The molecular formula is C10H12FSi. The van der Waals surface area contributed by atoms with Gasteiger partial charge < -0.3 is 0 Å². The van der Waals surface area contributed by atoms with Gasteiger partial charge >= 0.3 is 0 Å². The lowest BCUT2D eigenvalue weighted by Crippen LogP contribution is -2.12. The predicted octanol–water partition coefficient (Wildman–Crippen LogP) is 1.96. The van der Waals surface area contributed by atoms with Gasteiger partial charge in [0.25, 0.3) is 0 Å². The van der Waals surface area contributed by atoms with Gasteiger partial charge in [-0.25, -0.2) is 4.39 Å². The number of halogens is 1. The second kappa shape index (κ2) is 4.41. The Morgan fingerprint density at radius 2 is 2.17 bits per heavy atom. The van der Waals surface area contributed by atoms with Crippen LogP contribution in [0.1, 0.15) is 25.3 Å². The van der Waals surface area contributed by atoms with E-state index in [1.54, 1.807) is 6.07 Å². The van der Waals surface area contributed by atoms with Crippen LogP contribution in [0.4, 0.5) is 4.39 Å². The Morgan fingerprint density at radius 3 is 2.75 bits per heavy atom. The number of unbranched alkanes of at least 4 members (excludes halogenated alkanes) is 1. The van der Waals surface area contributed by atoms with Gasteiger partial charge in [-0.2, -0.15) is 0 Å². The van der Waals surface area contributed by atoms with Crippen molar-refractivity contribution in [2.45, 2.75) is 26.2 Å². The quantitative estimate of drug-likeness (QED) is 0.622. The second-order valence-corrected chi connectivity index (χ2v) is 3.41. The molecule has 12 heavy (non-hydrogen) atoms. The standard InChI is InChI=1S/C10H12FSi/c1-2-3-5-8-9(11)6-4-7-10(8)12/h4,6-7H,2-3,5H2,1H3. The molecule has 0 spiro atoms. The summed E-state index contributed by atoms with van der Waals surface area (Å²) in [6.07, 6.45) is 2.96. The second-order valence-electron chi connectivity index (χ2n) is 2.87. The van der Waals surface area contributed by atoms with Crippen LogP contribution in [0, 0.1) is 5.82 Å². The average molecular weight is 179 g/mol. The summed E-state index contributed by atoms with van der Waals surface area (Å²) in [6, 6.07) is 5.10. The maximum absolute atomic E-state index is 13.1. The van der Waals surface area contributed by atoms with Crippen molar-refractivity contribution in [1.82, 2.24) is 0 Å². The Bertz CT molecular complexity index is 238. The van der Waals surface area contributed by atoms with E-state index in [1.807, 2.05) is 6.07 Å². The topological polar surface area (TPSA) is 0 Å². The summed E-state index contributed by atoms with van der Waals surface area (Å²) in [5, 5.41) is 0.878. The van der Waals surface area contributed by atoms with Gasteiger partial charge in [-0.3, -0.25) is 0 Å². The van der Waals surface area contributed by atoms with E-state index in [2.05, 4.69) is 17.2 Å². The van der Waals surface area contributed by atoms with Crippen molar-refractivity contribution in [2.24, 2.45) is 0 Å². The van der Waals surface area contributed by atoms with Crippen LogP contribution < -0.4 is 5.19 Å². The van der Waals surface area contributed by atoms with E-state index in [-0.39, 0.29) is 5.82 Å². The zero-order valence-electron chi connectivity index (χ0n) is 7.23. The smallest absolute Gasteiger partial charge is 0.126 e. The van der Waals surface area contributed by atoms with Crippen molar-refractivity contribution >= 4 is 15.4 Å². The SMILES string of the molecule is CCCCc1c(F)cccc1[Si]. The highest BCUT2D eigenvalue weighted by atomic mass is 28.1. The van der Waals surface area contributed by atoms with Crippen LogP contribution >= 0.6 is 0 Å². The first-order valence-corrected chi connectivity index (χ1v) is 4.74. The molecule has 1 aromatic carbocycles. The molecule has 0 aliphatic rings. The van der Waals surface area contributed by atoms with Crippen LogP contribution in [0.3, 0.4) is 0 Å². The molecule has 1 aromatic rings. The lowest BCUT2D eigenvalue weighted by Gasteiger charge is -2.05. The fourth-order valence-electron chi connectivity index (χ4n) is 1.17. The molecule has 0 fully saturated rings. The summed E-state index contributed by atoms with van der Waals surface area (Å²) in [6.45, 7) is 2.11. The summed E-state index contributed by atoms with van der Waals surface area (Å²) in [4.78, 5) is 0. The Balaban J connectivity index is 2.81. The average Bonchev–Trinajstić information content (AvgIpc) is 2.04. The van der Waals surface area contributed by atoms with Crippen molar-refractivity contribution in [3.8, 4) is 0 Å². The van der Waals surface area contributed by atoms with Gasteiger partial charge in [0.1, 0.15) is 5.82 Å². The number of hydrogen-bond acceptors (Lipinski definition) is 0. The fraction of sp³-hybridized carbons (Fsp3) is 0.400. The lowest BCUT2D eigenvalue weighted by atomic mass is 10.1. The molecule has 0 aromatic heterocycles. The Kier molecular flexibility index (Phi) is 3.47. The molecule has 2 heteroatoms. The summed E-state index contributed by atoms with van der Waals surface area (Å²) in [5.41, 5.74) is 0.802. The molecule has 63 valence electrons. The van der Waals surface area contributed by atoms with Gasteiger partial charge in [-0.1, -0.05) is 30.7 Å². The Hall–Kier alpha value is -0.633. The van der Waals surface area contributed by atoms with Crippen LogP contribution in [-0.2, 0) is 6.42 Å². The van der Waals surface area contributed by atoms with Crippen LogP contribution in [0.25, 0.3) is 0 Å². The third-order valence-corrected chi connectivity index (χ3v) is 2.37. The third-order valence-electron chi connectivity index (χ3n) is 1.90. The van der Waals surface area contributed by atoms with E-state index in [4.69, 9.17) is 0 Å². The largest absolute Gasteiger partial charge is 0.207 e. The maximum atomic E-state index is 13.1. The van der Waals surface area contributed by atoms with Crippen LogP contribution in [0.15, 0.2) is 18.2 Å². The Morgan fingerprint density at radius 1 is 1.42 bits per heavy atom. The predicted molar refractivity (Wildman–Crippen MR) is 50.4 cm³/mol. The first-order chi connectivity index (χ1) is 5.75. The van der Waals surface area contributed by atoms with Gasteiger partial charge in [-0.05, 0) is 24.5 Å². The van der Waals surface area contributed by atoms with Gasteiger partial charge in [-0.15, -0.1) is 0 Å². The summed E-state index contributed by atoms with van der Waals surface area (Å²) in [7, 11) is 3.39. The minimum atomic E-state index is -0.101. The number of rotatable bonds is 3. The summed E-state index contributed by atoms with van der Waals surface area (Å²) >= 11 is 0. The van der Waals surface area contributed by atoms with Crippen molar-refractivity contribution in [3.05, 3.63) is 29.6 Å². The van der Waals surface area contributed by atoms with E-state index in [0.717, 1.165) is 30.0 Å². The lowest BCUT2D eigenvalue weighted by molar-refractivity contribution is 0.605. The number of hydrogen-bond donors (Lipinski definition) is 0. The summed E-state index contributed by atoms with van der Waals surface area (Å²) in [5.74, 6) is -0.101. The fourth-order valence-corrected chi connectivity index (χ4v) is 1.51. The third kappa shape index (κ3) is 2.17.